The van der Waals surface area contributed by atoms with Crippen LogP contribution in [0.25, 0.3) is 0 Å². The van der Waals surface area contributed by atoms with E-state index in [1.165, 1.54) is 38.0 Å². The number of aryl methyl sites for hydroxylation is 2. The van der Waals surface area contributed by atoms with Crippen LogP contribution in [0.1, 0.15) is 18.4 Å². The molecule has 5 nitrogen and oxygen atoms in total. The van der Waals surface area contributed by atoms with Crippen LogP contribution in [-0.2, 0) is 13.5 Å². The lowest BCUT2D eigenvalue weighted by Crippen LogP contribution is -2.52. The second-order valence-electron chi connectivity index (χ2n) is 6.18. The highest BCUT2D eigenvalue weighted by Gasteiger charge is 2.24. The van der Waals surface area contributed by atoms with E-state index < -0.39 is 0 Å². The Morgan fingerprint density at radius 2 is 2.15 bits per heavy atom. The first-order valence-electron chi connectivity index (χ1n) is 7.62. The summed E-state index contributed by atoms with van der Waals surface area (Å²) in [6.45, 7) is 3.55. The lowest BCUT2D eigenvalue weighted by Gasteiger charge is -2.39. The molecule has 1 aliphatic rings. The van der Waals surface area contributed by atoms with Crippen molar-refractivity contribution in [2.75, 3.05) is 40.8 Å². The van der Waals surface area contributed by atoms with Gasteiger partial charge in [0.1, 0.15) is 0 Å². The van der Waals surface area contributed by atoms with E-state index in [0.717, 1.165) is 6.42 Å². The smallest absolute Gasteiger partial charge is 0.0521 e. The van der Waals surface area contributed by atoms with Crippen LogP contribution in [-0.4, -0.2) is 72.4 Å². The van der Waals surface area contributed by atoms with Crippen LogP contribution in [0.4, 0.5) is 0 Å². The first kappa shape index (κ1) is 15.5. The fraction of sp³-hybridized carbons (Fsp3) is 0.800. The number of hydrogen-bond donors (Lipinski definition) is 1. The molecule has 2 unspecified atom stereocenters. The summed E-state index contributed by atoms with van der Waals surface area (Å²) < 4.78 is 1.88. The maximum absolute atomic E-state index is 4.24. The molecule has 20 heavy (non-hydrogen) atoms. The molecule has 1 saturated heterocycles. The highest BCUT2D eigenvalue weighted by Crippen LogP contribution is 2.15. The molecule has 0 amide bonds. The van der Waals surface area contributed by atoms with Crippen molar-refractivity contribution in [1.82, 2.24) is 24.9 Å². The predicted octanol–water partition coefficient (Wildman–Crippen LogP) is 0.577. The fourth-order valence-electron chi connectivity index (χ4n) is 3.01. The molecule has 0 radical (unpaired) electrons. The quantitative estimate of drug-likeness (QED) is 0.826. The van der Waals surface area contributed by atoms with Crippen molar-refractivity contribution in [3.05, 3.63) is 18.0 Å². The molecule has 2 rings (SSSR count). The van der Waals surface area contributed by atoms with Crippen molar-refractivity contribution in [3.63, 3.8) is 0 Å². The van der Waals surface area contributed by atoms with Gasteiger partial charge in [-0.2, -0.15) is 5.10 Å². The molecular weight excluding hydrogens is 250 g/mol. The van der Waals surface area contributed by atoms with E-state index >= 15 is 0 Å². The molecule has 1 N–H and O–H groups in total. The van der Waals surface area contributed by atoms with E-state index in [2.05, 4.69) is 47.6 Å². The Hall–Kier alpha value is -0.910. The second-order valence-corrected chi connectivity index (χ2v) is 6.18. The number of aromatic nitrogens is 2. The molecule has 0 aliphatic carbocycles. The van der Waals surface area contributed by atoms with Crippen molar-refractivity contribution >= 4 is 0 Å². The van der Waals surface area contributed by atoms with Crippen LogP contribution in [0.15, 0.2) is 12.4 Å². The van der Waals surface area contributed by atoms with E-state index in [1.54, 1.807) is 0 Å². The summed E-state index contributed by atoms with van der Waals surface area (Å²) >= 11 is 0. The van der Waals surface area contributed by atoms with Crippen molar-refractivity contribution in [2.45, 2.75) is 31.3 Å². The first-order valence-corrected chi connectivity index (χ1v) is 7.62. The normalized spacial score (nSPS) is 23.1. The SMILES string of the molecule is CNC(CCc1cnn(C)c1)CC1CN(C)CCN1C. The van der Waals surface area contributed by atoms with Gasteiger partial charge < -0.3 is 15.1 Å². The third kappa shape index (κ3) is 4.30. The van der Waals surface area contributed by atoms with Gasteiger partial charge in [0.05, 0.1) is 6.20 Å². The minimum Gasteiger partial charge on any atom is -0.317 e. The van der Waals surface area contributed by atoms with Crippen molar-refractivity contribution < 1.29 is 0 Å². The molecule has 0 spiro atoms. The molecule has 2 heterocycles. The maximum Gasteiger partial charge on any atom is 0.0521 e. The molecule has 1 aliphatic heterocycles. The van der Waals surface area contributed by atoms with Gasteiger partial charge in [-0.15, -0.1) is 0 Å². The largest absolute Gasteiger partial charge is 0.317 e. The van der Waals surface area contributed by atoms with E-state index in [0.29, 0.717) is 12.1 Å². The van der Waals surface area contributed by atoms with Gasteiger partial charge in [-0.1, -0.05) is 0 Å². The van der Waals surface area contributed by atoms with E-state index in [4.69, 9.17) is 0 Å². The van der Waals surface area contributed by atoms with Gasteiger partial charge in [-0.05, 0) is 46.0 Å². The summed E-state index contributed by atoms with van der Waals surface area (Å²) in [6, 6.07) is 1.24. The maximum atomic E-state index is 4.24. The number of hydrogen-bond acceptors (Lipinski definition) is 4. The third-order valence-corrected chi connectivity index (χ3v) is 4.48. The standard InChI is InChI=1S/C15H29N5/c1-16-14(6-5-13-10-17-20(4)11-13)9-15-12-18(2)7-8-19(15)3/h10-11,14-16H,5-9,12H2,1-4H3. The summed E-state index contributed by atoms with van der Waals surface area (Å²) in [5.41, 5.74) is 1.34. The van der Waals surface area contributed by atoms with Crippen molar-refractivity contribution in [2.24, 2.45) is 7.05 Å². The van der Waals surface area contributed by atoms with Crippen molar-refractivity contribution in [1.29, 1.82) is 0 Å². The Kier molecular flexibility index (Phi) is 5.57. The van der Waals surface area contributed by atoms with Gasteiger partial charge in [0, 0.05) is 45.0 Å². The summed E-state index contributed by atoms with van der Waals surface area (Å²) in [5, 5.41) is 7.73. The van der Waals surface area contributed by atoms with Crippen LogP contribution in [0, 0.1) is 0 Å². The number of nitrogens with one attached hydrogen (secondary N) is 1. The average molecular weight is 279 g/mol. The zero-order chi connectivity index (χ0) is 14.5. The molecule has 1 aromatic heterocycles. The Labute approximate surface area is 122 Å². The van der Waals surface area contributed by atoms with Crippen LogP contribution in [0.2, 0.25) is 0 Å². The van der Waals surface area contributed by atoms with E-state index in [-0.39, 0.29) is 0 Å². The monoisotopic (exact) mass is 279 g/mol. The van der Waals surface area contributed by atoms with Gasteiger partial charge in [0.25, 0.3) is 0 Å². The molecule has 1 aromatic rings. The number of likely N-dealkylation sites (N-methyl/N-ethyl adjacent to an activating group) is 2. The average Bonchev–Trinajstić information content (AvgIpc) is 2.84. The molecule has 5 heteroatoms. The predicted molar refractivity (Wildman–Crippen MR) is 82.9 cm³/mol. The van der Waals surface area contributed by atoms with E-state index in [1.807, 2.05) is 17.9 Å². The Balaban J connectivity index is 1.82. The van der Waals surface area contributed by atoms with Crippen LogP contribution < -0.4 is 5.32 Å². The van der Waals surface area contributed by atoms with Gasteiger partial charge in [-0.25, -0.2) is 0 Å². The lowest BCUT2D eigenvalue weighted by atomic mass is 9.98. The molecule has 0 bridgehead atoms. The lowest BCUT2D eigenvalue weighted by molar-refractivity contribution is 0.101. The first-order chi connectivity index (χ1) is 9.58. The van der Waals surface area contributed by atoms with Gasteiger partial charge in [-0.3, -0.25) is 4.68 Å². The fourth-order valence-corrected chi connectivity index (χ4v) is 3.01. The van der Waals surface area contributed by atoms with Crippen LogP contribution >= 0.6 is 0 Å². The molecule has 114 valence electrons. The second kappa shape index (κ2) is 7.20. The summed E-state index contributed by atoms with van der Waals surface area (Å²) in [5.74, 6) is 0. The molecule has 1 fully saturated rings. The minimum absolute atomic E-state index is 0.578. The van der Waals surface area contributed by atoms with Gasteiger partial charge in [0.2, 0.25) is 0 Å². The van der Waals surface area contributed by atoms with Crippen molar-refractivity contribution in [3.8, 4) is 0 Å². The van der Waals surface area contributed by atoms with Crippen LogP contribution in [0.5, 0.6) is 0 Å². The topological polar surface area (TPSA) is 36.3 Å². The summed E-state index contributed by atoms with van der Waals surface area (Å²) in [4.78, 5) is 4.95. The zero-order valence-corrected chi connectivity index (χ0v) is 13.3. The summed E-state index contributed by atoms with van der Waals surface area (Å²) in [7, 11) is 8.54. The van der Waals surface area contributed by atoms with Crippen LogP contribution in [0.3, 0.4) is 0 Å². The molecular formula is C15H29N5. The molecule has 0 aromatic carbocycles. The summed E-state index contributed by atoms with van der Waals surface area (Å²) in [6.07, 6.45) is 7.60. The highest BCUT2D eigenvalue weighted by molar-refractivity contribution is 5.04. The molecule has 2 atom stereocenters. The number of rotatable bonds is 6. The van der Waals surface area contributed by atoms with Gasteiger partial charge in [0.15, 0.2) is 0 Å². The van der Waals surface area contributed by atoms with E-state index in [9.17, 15) is 0 Å². The Morgan fingerprint density at radius 1 is 1.35 bits per heavy atom. The number of nitrogens with zero attached hydrogens (tertiary/aromatic N) is 4. The minimum atomic E-state index is 0.578. The zero-order valence-electron chi connectivity index (χ0n) is 13.3. The van der Waals surface area contributed by atoms with Gasteiger partial charge >= 0.3 is 0 Å². The molecule has 0 saturated carbocycles. The number of piperazine rings is 1. The Bertz CT molecular complexity index is 403. The Morgan fingerprint density at radius 3 is 2.80 bits per heavy atom. The highest BCUT2D eigenvalue weighted by atomic mass is 15.3. The third-order valence-electron chi connectivity index (χ3n) is 4.48.